The van der Waals surface area contributed by atoms with Crippen molar-refractivity contribution in [3.8, 4) is 56.5 Å². The minimum absolute atomic E-state index is 0.642. The van der Waals surface area contributed by atoms with Gasteiger partial charge < -0.3 is 0 Å². The fourth-order valence-electron chi connectivity index (χ4n) is 8.43. The molecule has 0 bridgehead atoms. The van der Waals surface area contributed by atoms with E-state index in [2.05, 4.69) is 164 Å². The number of benzene rings is 8. The zero-order chi connectivity index (χ0) is 38.2. The minimum Gasteiger partial charge on any atom is -0.247 e. The zero-order valence-electron chi connectivity index (χ0n) is 30.9. The molecule has 0 spiro atoms. The van der Waals surface area contributed by atoms with Gasteiger partial charge >= 0.3 is 0 Å². The van der Waals surface area contributed by atoms with Crippen LogP contribution in [0.3, 0.4) is 0 Å². The Morgan fingerprint density at radius 3 is 1.60 bits per heavy atom. The molecule has 0 saturated heterocycles. The van der Waals surface area contributed by atoms with Gasteiger partial charge in [0.1, 0.15) is 0 Å². The fraction of sp³-hybridized carbons (Fsp3) is 0. The van der Waals surface area contributed by atoms with Gasteiger partial charge in [-0.3, -0.25) is 0 Å². The summed E-state index contributed by atoms with van der Waals surface area (Å²) in [4.78, 5) is 20.7. The Morgan fingerprint density at radius 2 is 0.828 bits per heavy atom. The molecule has 58 heavy (non-hydrogen) atoms. The summed E-state index contributed by atoms with van der Waals surface area (Å²) in [6, 6.07) is 64.3. The maximum Gasteiger partial charge on any atom is 0.165 e. The summed E-state index contributed by atoms with van der Waals surface area (Å²) in [5, 5.41) is 8.48. The first-order chi connectivity index (χ1) is 28.7. The summed E-state index contributed by atoms with van der Waals surface area (Å²) < 4.78 is 4.98. The lowest BCUT2D eigenvalue weighted by Crippen LogP contribution is -2.00. The van der Waals surface area contributed by atoms with Crippen molar-refractivity contribution in [2.24, 2.45) is 0 Å². The van der Waals surface area contributed by atoms with E-state index in [1.807, 2.05) is 29.5 Å². The van der Waals surface area contributed by atoms with Crippen LogP contribution in [0.25, 0.3) is 119 Å². The molecule has 0 saturated carbocycles. The molecule has 0 aliphatic heterocycles. The van der Waals surface area contributed by atoms with Crippen molar-refractivity contribution >= 4 is 84.7 Å². The fourth-order valence-corrected chi connectivity index (χ4v) is 10.9. The van der Waals surface area contributed by atoms with Crippen molar-refractivity contribution in [3.63, 3.8) is 0 Å². The van der Waals surface area contributed by atoms with E-state index in [1.54, 1.807) is 11.3 Å². The molecular weight excluding hydrogens is 745 g/mol. The molecule has 0 radical (unpaired) electrons. The Hall–Kier alpha value is -7.12. The van der Waals surface area contributed by atoms with Crippen LogP contribution in [0.2, 0.25) is 0 Å². The largest absolute Gasteiger partial charge is 0.247 e. The molecule has 0 aliphatic carbocycles. The predicted molar refractivity (Wildman–Crippen MR) is 246 cm³/mol. The van der Waals surface area contributed by atoms with Crippen molar-refractivity contribution in [2.75, 3.05) is 0 Å². The number of nitrogens with zero attached hydrogens (tertiary/aromatic N) is 4. The third-order valence-corrected chi connectivity index (χ3v) is 13.6. The first kappa shape index (κ1) is 33.1. The quantitative estimate of drug-likeness (QED) is 0.175. The summed E-state index contributed by atoms with van der Waals surface area (Å²) >= 11 is 3.64. The Kier molecular flexibility index (Phi) is 7.55. The molecule has 12 aromatic rings. The topological polar surface area (TPSA) is 51.6 Å². The van der Waals surface area contributed by atoms with Crippen LogP contribution in [-0.2, 0) is 0 Å². The minimum atomic E-state index is 0.642. The maximum absolute atomic E-state index is 5.37. The van der Waals surface area contributed by atoms with Gasteiger partial charge in [0.25, 0.3) is 0 Å². The van der Waals surface area contributed by atoms with E-state index < -0.39 is 0 Å². The maximum atomic E-state index is 5.37. The number of rotatable bonds is 5. The molecular formula is C52H30N4S2. The first-order valence-electron chi connectivity index (χ1n) is 19.3. The molecule has 4 nitrogen and oxygen atoms in total. The van der Waals surface area contributed by atoms with Crippen molar-refractivity contribution in [1.82, 2.24) is 19.9 Å². The molecule has 0 fully saturated rings. The van der Waals surface area contributed by atoms with Crippen LogP contribution >= 0.6 is 22.7 Å². The van der Waals surface area contributed by atoms with Crippen molar-refractivity contribution in [1.29, 1.82) is 0 Å². The molecule has 0 unspecified atom stereocenters. The van der Waals surface area contributed by atoms with E-state index in [-0.39, 0.29) is 0 Å². The summed E-state index contributed by atoms with van der Waals surface area (Å²) in [6.45, 7) is 0. The Labute approximate surface area is 341 Å². The van der Waals surface area contributed by atoms with Gasteiger partial charge in [0.2, 0.25) is 0 Å². The number of thiophene rings is 2. The lowest BCUT2D eigenvalue weighted by molar-refractivity contribution is 1.08. The highest BCUT2D eigenvalue weighted by atomic mass is 32.1. The molecule has 0 amide bonds. The number of pyridine rings is 1. The molecule has 8 aromatic carbocycles. The normalized spacial score (nSPS) is 11.8. The van der Waals surface area contributed by atoms with Crippen molar-refractivity contribution in [3.05, 3.63) is 182 Å². The Balaban J connectivity index is 0.990. The summed E-state index contributed by atoms with van der Waals surface area (Å²) in [5.74, 6) is 1.96. The Bertz CT molecular complexity index is 3570. The molecule has 270 valence electrons. The van der Waals surface area contributed by atoms with Crippen molar-refractivity contribution < 1.29 is 0 Å². The van der Waals surface area contributed by atoms with Crippen LogP contribution in [-0.4, -0.2) is 19.9 Å². The molecule has 6 heteroatoms. The van der Waals surface area contributed by atoms with Gasteiger partial charge in [-0.1, -0.05) is 158 Å². The average molecular weight is 775 g/mol. The molecule has 0 atom stereocenters. The first-order valence-corrected chi connectivity index (χ1v) is 20.9. The van der Waals surface area contributed by atoms with E-state index in [9.17, 15) is 0 Å². The van der Waals surface area contributed by atoms with E-state index in [1.165, 1.54) is 56.5 Å². The van der Waals surface area contributed by atoms with E-state index in [4.69, 9.17) is 19.9 Å². The highest BCUT2D eigenvalue weighted by molar-refractivity contribution is 7.27. The van der Waals surface area contributed by atoms with Crippen LogP contribution in [0.1, 0.15) is 0 Å². The van der Waals surface area contributed by atoms with Crippen LogP contribution in [0.15, 0.2) is 182 Å². The predicted octanol–water partition coefficient (Wildman–Crippen LogP) is 14.6. The third kappa shape index (κ3) is 5.27. The van der Waals surface area contributed by atoms with Gasteiger partial charge in [0.05, 0.1) is 11.2 Å². The van der Waals surface area contributed by atoms with Gasteiger partial charge in [-0.2, -0.15) is 0 Å². The third-order valence-electron chi connectivity index (χ3n) is 11.2. The van der Waals surface area contributed by atoms with Gasteiger partial charge in [0, 0.05) is 68.0 Å². The van der Waals surface area contributed by atoms with Crippen LogP contribution in [0, 0.1) is 0 Å². The van der Waals surface area contributed by atoms with Gasteiger partial charge in [0.15, 0.2) is 17.5 Å². The van der Waals surface area contributed by atoms with Gasteiger partial charge in [-0.15, -0.1) is 22.7 Å². The van der Waals surface area contributed by atoms with E-state index in [0.29, 0.717) is 17.5 Å². The average Bonchev–Trinajstić information content (AvgIpc) is 3.88. The highest BCUT2D eigenvalue weighted by Crippen LogP contribution is 2.45. The lowest BCUT2D eigenvalue weighted by Gasteiger charge is -2.14. The highest BCUT2D eigenvalue weighted by Gasteiger charge is 2.20. The van der Waals surface area contributed by atoms with Gasteiger partial charge in [-0.25, -0.2) is 19.9 Å². The monoisotopic (exact) mass is 774 g/mol. The number of hydrogen-bond donors (Lipinski definition) is 0. The number of aromatic nitrogens is 4. The second kappa shape index (κ2) is 13.2. The zero-order valence-corrected chi connectivity index (χ0v) is 32.6. The van der Waals surface area contributed by atoms with Crippen molar-refractivity contribution in [2.45, 2.75) is 0 Å². The molecule has 12 rings (SSSR count). The summed E-state index contributed by atoms with van der Waals surface area (Å²) in [7, 11) is 0. The van der Waals surface area contributed by atoms with Crippen LogP contribution < -0.4 is 0 Å². The molecule has 4 aromatic heterocycles. The molecule has 0 N–H and O–H groups in total. The standard InChI is InChI=1S/C52H30N4S2/c1-2-13-32(14-3-1)50-54-51(56-52(55-50)42-21-12-20-39-37-17-7-10-23-44(37)57-48(39)42)33-27-25-31(26-28-33)34-29-30-38(36-16-5-4-15-35(34)36)47-46-41-19-8-11-24-45(41)58-49(46)40-18-6-9-22-43(40)53-47/h1-30H. The van der Waals surface area contributed by atoms with Crippen LogP contribution in [0.5, 0.6) is 0 Å². The van der Waals surface area contributed by atoms with Gasteiger partial charge in [-0.05, 0) is 46.2 Å². The SMILES string of the molecule is c1ccc(-c2nc(-c3ccc(-c4ccc(-c5nc6ccccc6c6sc7ccccc7c56)c5ccccc45)cc3)nc(-c3cccc4c3sc3ccccc34)n2)cc1. The lowest BCUT2D eigenvalue weighted by atomic mass is 9.92. The van der Waals surface area contributed by atoms with Crippen LogP contribution in [0.4, 0.5) is 0 Å². The second-order valence-electron chi connectivity index (χ2n) is 14.5. The van der Waals surface area contributed by atoms with E-state index in [0.717, 1.165) is 44.6 Å². The smallest absolute Gasteiger partial charge is 0.165 e. The summed E-state index contributed by atoms with van der Waals surface area (Å²) in [6.07, 6.45) is 0. The van der Waals surface area contributed by atoms with E-state index >= 15 is 0 Å². The number of para-hydroxylation sites is 1. The second-order valence-corrected chi connectivity index (χ2v) is 16.6. The number of fused-ring (bicyclic) bond motifs is 9. The summed E-state index contributed by atoms with van der Waals surface area (Å²) in [5.41, 5.74) is 8.35. The number of hydrogen-bond acceptors (Lipinski definition) is 6. The Morgan fingerprint density at radius 1 is 0.293 bits per heavy atom. The molecule has 4 heterocycles. The molecule has 0 aliphatic rings.